The van der Waals surface area contributed by atoms with E-state index in [1.165, 1.54) is 12.8 Å². The predicted octanol–water partition coefficient (Wildman–Crippen LogP) is 2.69. The summed E-state index contributed by atoms with van der Waals surface area (Å²) in [4.78, 5) is 13.9. The summed E-state index contributed by atoms with van der Waals surface area (Å²) < 4.78 is 0. The first kappa shape index (κ1) is 17.7. The van der Waals surface area contributed by atoms with Crippen LogP contribution in [0.2, 0.25) is 0 Å². The Morgan fingerprint density at radius 2 is 2.22 bits per heavy atom. The molecule has 4 heteroatoms. The molecule has 1 saturated heterocycles. The minimum absolute atomic E-state index is 0. The lowest BCUT2D eigenvalue weighted by Gasteiger charge is -2.29. The highest BCUT2D eigenvalue weighted by Gasteiger charge is 2.23. The van der Waals surface area contributed by atoms with E-state index in [-0.39, 0.29) is 12.4 Å². The zero-order valence-corrected chi connectivity index (χ0v) is 12.9. The number of nitrogens with zero attached hydrogens (tertiary/aromatic N) is 1. The van der Waals surface area contributed by atoms with Crippen molar-refractivity contribution in [2.45, 2.75) is 46.0 Å². The van der Waals surface area contributed by atoms with E-state index >= 15 is 0 Å². The van der Waals surface area contributed by atoms with Gasteiger partial charge in [0.2, 0.25) is 5.91 Å². The summed E-state index contributed by atoms with van der Waals surface area (Å²) >= 11 is 0. The number of hydrogen-bond acceptors (Lipinski definition) is 2. The Bertz CT molecular complexity index is 230. The second-order valence-corrected chi connectivity index (χ2v) is 5.46. The van der Waals surface area contributed by atoms with Gasteiger partial charge in [0, 0.05) is 20.0 Å². The fourth-order valence-electron chi connectivity index (χ4n) is 2.48. The molecule has 0 bridgehead atoms. The van der Waals surface area contributed by atoms with Gasteiger partial charge in [-0.1, -0.05) is 20.3 Å². The molecule has 3 nitrogen and oxygen atoms in total. The van der Waals surface area contributed by atoms with E-state index in [0.29, 0.717) is 24.2 Å². The molecule has 1 rings (SSSR count). The quantitative estimate of drug-likeness (QED) is 0.809. The number of rotatable bonds is 6. The largest absolute Gasteiger partial charge is 0.346 e. The normalized spacial score (nSPS) is 20.9. The summed E-state index contributed by atoms with van der Waals surface area (Å²) in [6, 6.07) is 0. The van der Waals surface area contributed by atoms with Gasteiger partial charge in [0.05, 0.1) is 0 Å². The molecule has 0 aliphatic carbocycles. The third-order valence-electron chi connectivity index (χ3n) is 3.91. The van der Waals surface area contributed by atoms with Crippen LogP contribution < -0.4 is 5.32 Å². The highest BCUT2D eigenvalue weighted by molar-refractivity contribution is 5.85. The molecule has 1 amide bonds. The molecular formula is C14H29ClN2O. The number of hydrogen-bond donors (Lipinski definition) is 1. The van der Waals surface area contributed by atoms with E-state index in [4.69, 9.17) is 0 Å². The minimum Gasteiger partial charge on any atom is -0.346 e. The fourth-order valence-corrected chi connectivity index (χ4v) is 2.48. The maximum absolute atomic E-state index is 12.0. The van der Waals surface area contributed by atoms with Crippen molar-refractivity contribution in [2.75, 3.05) is 26.7 Å². The Balaban J connectivity index is 0.00000289. The molecule has 1 fully saturated rings. The second kappa shape index (κ2) is 9.62. The summed E-state index contributed by atoms with van der Waals surface area (Å²) in [5.41, 5.74) is 0. The average Bonchev–Trinajstić information content (AvgIpc) is 2.36. The standard InChI is InChI=1S/C14H28N2O.ClH/c1-4-5-9-16(3)14(17)10-12(2)13-7-6-8-15-11-13;/h12-13,15H,4-11H2,1-3H3;1H. The maximum Gasteiger partial charge on any atom is 0.222 e. The Kier molecular flexibility index (Phi) is 9.47. The SMILES string of the molecule is CCCCN(C)C(=O)CC(C)C1CCCNC1.Cl. The van der Waals surface area contributed by atoms with Crippen LogP contribution in [0.1, 0.15) is 46.0 Å². The van der Waals surface area contributed by atoms with Gasteiger partial charge in [-0.25, -0.2) is 0 Å². The molecule has 2 unspecified atom stereocenters. The average molecular weight is 277 g/mol. The second-order valence-electron chi connectivity index (χ2n) is 5.46. The van der Waals surface area contributed by atoms with Crippen molar-refractivity contribution < 1.29 is 4.79 Å². The van der Waals surface area contributed by atoms with Crippen LogP contribution in [-0.4, -0.2) is 37.5 Å². The molecule has 0 aromatic rings. The van der Waals surface area contributed by atoms with Gasteiger partial charge < -0.3 is 10.2 Å². The highest BCUT2D eigenvalue weighted by Crippen LogP contribution is 2.23. The van der Waals surface area contributed by atoms with E-state index in [0.717, 1.165) is 32.5 Å². The number of nitrogens with one attached hydrogen (secondary N) is 1. The minimum atomic E-state index is 0. The topological polar surface area (TPSA) is 32.3 Å². The molecule has 1 N–H and O–H groups in total. The molecule has 0 aromatic heterocycles. The molecule has 2 atom stereocenters. The molecule has 0 aromatic carbocycles. The molecule has 0 saturated carbocycles. The number of carbonyl (C=O) groups is 1. The first-order chi connectivity index (χ1) is 8.15. The lowest BCUT2D eigenvalue weighted by Crippen LogP contribution is -2.36. The Hall–Kier alpha value is -0.280. The van der Waals surface area contributed by atoms with Crippen LogP contribution in [-0.2, 0) is 4.79 Å². The number of unbranched alkanes of at least 4 members (excludes halogenated alkanes) is 1. The maximum atomic E-state index is 12.0. The van der Waals surface area contributed by atoms with E-state index in [1.807, 2.05) is 11.9 Å². The number of piperidine rings is 1. The molecule has 0 spiro atoms. The Morgan fingerprint density at radius 3 is 2.78 bits per heavy atom. The third-order valence-corrected chi connectivity index (χ3v) is 3.91. The van der Waals surface area contributed by atoms with E-state index in [1.54, 1.807) is 0 Å². The smallest absolute Gasteiger partial charge is 0.222 e. The van der Waals surface area contributed by atoms with Crippen LogP contribution in [0.3, 0.4) is 0 Å². The Labute approximate surface area is 118 Å². The van der Waals surface area contributed by atoms with Crippen molar-refractivity contribution in [3.8, 4) is 0 Å². The summed E-state index contributed by atoms with van der Waals surface area (Å²) in [6.07, 6.45) is 5.52. The molecule has 1 aliphatic rings. The zero-order valence-electron chi connectivity index (χ0n) is 12.1. The first-order valence-electron chi connectivity index (χ1n) is 7.09. The number of amides is 1. The van der Waals surface area contributed by atoms with Crippen molar-refractivity contribution in [3.05, 3.63) is 0 Å². The zero-order chi connectivity index (χ0) is 12.7. The molecule has 1 heterocycles. The lowest BCUT2D eigenvalue weighted by molar-refractivity contribution is -0.131. The van der Waals surface area contributed by atoms with Gasteiger partial charge in [-0.15, -0.1) is 12.4 Å². The lowest BCUT2D eigenvalue weighted by atomic mass is 9.85. The molecule has 0 radical (unpaired) electrons. The van der Waals surface area contributed by atoms with E-state index < -0.39 is 0 Å². The number of halogens is 1. The summed E-state index contributed by atoms with van der Waals surface area (Å²) in [5, 5.41) is 3.43. The highest BCUT2D eigenvalue weighted by atomic mass is 35.5. The van der Waals surface area contributed by atoms with Crippen LogP contribution in [0, 0.1) is 11.8 Å². The molecule has 1 aliphatic heterocycles. The van der Waals surface area contributed by atoms with Crippen molar-refractivity contribution in [2.24, 2.45) is 11.8 Å². The van der Waals surface area contributed by atoms with Crippen LogP contribution in [0.5, 0.6) is 0 Å². The predicted molar refractivity (Wildman–Crippen MR) is 79.2 cm³/mol. The first-order valence-corrected chi connectivity index (χ1v) is 7.09. The van der Waals surface area contributed by atoms with Crippen LogP contribution >= 0.6 is 12.4 Å². The van der Waals surface area contributed by atoms with Gasteiger partial charge in [0.15, 0.2) is 0 Å². The fraction of sp³-hybridized carbons (Fsp3) is 0.929. The van der Waals surface area contributed by atoms with Crippen LogP contribution in [0.15, 0.2) is 0 Å². The van der Waals surface area contributed by atoms with Gasteiger partial charge >= 0.3 is 0 Å². The van der Waals surface area contributed by atoms with Crippen LogP contribution in [0.25, 0.3) is 0 Å². The summed E-state index contributed by atoms with van der Waals surface area (Å²) in [6.45, 7) is 7.53. The van der Waals surface area contributed by atoms with E-state index in [9.17, 15) is 4.79 Å². The monoisotopic (exact) mass is 276 g/mol. The third kappa shape index (κ3) is 6.05. The van der Waals surface area contributed by atoms with Gasteiger partial charge in [-0.3, -0.25) is 4.79 Å². The van der Waals surface area contributed by atoms with Gasteiger partial charge in [0.25, 0.3) is 0 Å². The van der Waals surface area contributed by atoms with E-state index in [2.05, 4.69) is 19.2 Å². The van der Waals surface area contributed by atoms with Crippen LogP contribution in [0.4, 0.5) is 0 Å². The van der Waals surface area contributed by atoms with Gasteiger partial charge in [-0.2, -0.15) is 0 Å². The number of carbonyl (C=O) groups excluding carboxylic acids is 1. The van der Waals surface area contributed by atoms with Gasteiger partial charge in [0.1, 0.15) is 0 Å². The van der Waals surface area contributed by atoms with Crippen molar-refractivity contribution in [3.63, 3.8) is 0 Å². The van der Waals surface area contributed by atoms with Crippen molar-refractivity contribution in [1.29, 1.82) is 0 Å². The van der Waals surface area contributed by atoms with Gasteiger partial charge in [-0.05, 0) is 44.2 Å². The Morgan fingerprint density at radius 1 is 1.50 bits per heavy atom. The molecular weight excluding hydrogens is 248 g/mol. The van der Waals surface area contributed by atoms with Crippen molar-refractivity contribution in [1.82, 2.24) is 10.2 Å². The summed E-state index contributed by atoms with van der Waals surface area (Å²) in [5.74, 6) is 1.52. The summed E-state index contributed by atoms with van der Waals surface area (Å²) in [7, 11) is 1.93. The van der Waals surface area contributed by atoms with Crippen molar-refractivity contribution >= 4 is 18.3 Å². The molecule has 18 heavy (non-hydrogen) atoms. The molecule has 108 valence electrons.